The molecule has 2 amide bonds. The average Bonchev–Trinajstić information content (AvgIpc) is 2.91. The van der Waals surface area contributed by atoms with E-state index in [4.69, 9.17) is 4.74 Å². The normalized spacial score (nSPS) is 21.2. The second-order valence-electron chi connectivity index (χ2n) is 5.73. The first-order chi connectivity index (χ1) is 11.4. The van der Waals surface area contributed by atoms with Crippen LogP contribution in [-0.4, -0.2) is 35.4 Å². The number of carbonyl (C=O) groups excluding carboxylic acids is 1. The molecule has 1 fully saturated rings. The molecule has 0 radical (unpaired) electrons. The number of ether oxygens (including phenoxy) is 1. The standard InChI is InChI=1S/C16H18F2N4O2/c1-22-9-12(14(21-22)24-2)20-15(23)19-8-11-13(16(11,17)18)10-6-4-3-5-7-10/h3-7,9,11,13H,8H2,1-2H3,(H2,19,20,23)/t11-,13-/m1/s1. The van der Waals surface area contributed by atoms with Crippen LogP contribution in [0.3, 0.4) is 0 Å². The van der Waals surface area contributed by atoms with E-state index in [1.54, 1.807) is 43.6 Å². The highest BCUT2D eigenvalue weighted by atomic mass is 19.3. The van der Waals surface area contributed by atoms with E-state index in [-0.39, 0.29) is 12.4 Å². The zero-order chi connectivity index (χ0) is 17.3. The van der Waals surface area contributed by atoms with Crippen LogP contribution >= 0.6 is 0 Å². The van der Waals surface area contributed by atoms with Crippen LogP contribution in [-0.2, 0) is 7.05 Å². The van der Waals surface area contributed by atoms with Gasteiger partial charge in [-0.1, -0.05) is 30.3 Å². The Bertz CT molecular complexity index is 733. The Morgan fingerprint density at radius 2 is 2.08 bits per heavy atom. The third-order valence-electron chi connectivity index (χ3n) is 4.08. The SMILES string of the molecule is COc1nn(C)cc1NC(=O)NC[C@@H]1[C@@H](c2ccccc2)C1(F)F. The average molecular weight is 336 g/mol. The van der Waals surface area contributed by atoms with Gasteiger partial charge in [-0.15, -0.1) is 5.10 Å². The van der Waals surface area contributed by atoms with Gasteiger partial charge in [-0.05, 0) is 5.56 Å². The molecular formula is C16H18F2N4O2. The molecule has 2 atom stereocenters. The van der Waals surface area contributed by atoms with Crippen molar-refractivity contribution in [3.05, 3.63) is 42.1 Å². The Hall–Kier alpha value is -2.64. The van der Waals surface area contributed by atoms with E-state index in [0.717, 1.165) is 0 Å². The maximum atomic E-state index is 13.9. The largest absolute Gasteiger partial charge is 0.478 e. The Labute approximate surface area is 137 Å². The van der Waals surface area contributed by atoms with Gasteiger partial charge in [0.2, 0.25) is 0 Å². The van der Waals surface area contributed by atoms with E-state index >= 15 is 0 Å². The molecule has 24 heavy (non-hydrogen) atoms. The van der Waals surface area contributed by atoms with Crippen molar-refractivity contribution in [2.24, 2.45) is 13.0 Å². The molecule has 3 rings (SSSR count). The van der Waals surface area contributed by atoms with E-state index in [1.807, 2.05) is 0 Å². The number of aromatic nitrogens is 2. The lowest BCUT2D eigenvalue weighted by molar-refractivity contribution is 0.0936. The molecule has 1 aromatic carbocycles. The van der Waals surface area contributed by atoms with Crippen LogP contribution in [0.5, 0.6) is 5.88 Å². The van der Waals surface area contributed by atoms with Gasteiger partial charge in [0.15, 0.2) is 0 Å². The van der Waals surface area contributed by atoms with Gasteiger partial charge in [0, 0.05) is 13.6 Å². The van der Waals surface area contributed by atoms with Gasteiger partial charge in [0.1, 0.15) is 5.69 Å². The van der Waals surface area contributed by atoms with Crippen LogP contribution in [0.25, 0.3) is 0 Å². The van der Waals surface area contributed by atoms with Crippen LogP contribution in [0.2, 0.25) is 0 Å². The molecule has 6 nitrogen and oxygen atoms in total. The zero-order valence-corrected chi connectivity index (χ0v) is 13.3. The predicted octanol–water partition coefficient (Wildman–Crippen LogP) is 2.60. The number of rotatable bonds is 5. The molecule has 1 aliphatic carbocycles. The number of nitrogens with zero attached hydrogens (tertiary/aromatic N) is 2. The first kappa shape index (κ1) is 16.2. The summed E-state index contributed by atoms with van der Waals surface area (Å²) in [5, 5.41) is 9.03. The van der Waals surface area contributed by atoms with Crippen molar-refractivity contribution in [1.82, 2.24) is 15.1 Å². The number of hydrogen-bond donors (Lipinski definition) is 2. The molecule has 0 aliphatic heterocycles. The second kappa shape index (κ2) is 6.10. The lowest BCUT2D eigenvalue weighted by Crippen LogP contribution is -2.31. The molecule has 0 bridgehead atoms. The van der Waals surface area contributed by atoms with Crippen molar-refractivity contribution in [3.63, 3.8) is 0 Å². The Morgan fingerprint density at radius 3 is 2.75 bits per heavy atom. The Balaban J connectivity index is 1.57. The fourth-order valence-corrected chi connectivity index (χ4v) is 2.83. The molecule has 128 valence electrons. The summed E-state index contributed by atoms with van der Waals surface area (Å²) in [6.45, 7) is -0.110. The lowest BCUT2D eigenvalue weighted by atomic mass is 10.1. The number of carbonyl (C=O) groups is 1. The lowest BCUT2D eigenvalue weighted by Gasteiger charge is -2.06. The van der Waals surface area contributed by atoms with Crippen molar-refractivity contribution in [1.29, 1.82) is 0 Å². The number of anilines is 1. The maximum Gasteiger partial charge on any atom is 0.319 e. The number of amides is 2. The highest BCUT2D eigenvalue weighted by Gasteiger charge is 2.68. The molecule has 1 aromatic heterocycles. The summed E-state index contributed by atoms with van der Waals surface area (Å²) in [7, 11) is 3.11. The summed E-state index contributed by atoms with van der Waals surface area (Å²) in [6, 6.07) is 8.03. The topological polar surface area (TPSA) is 68.2 Å². The van der Waals surface area contributed by atoms with Gasteiger partial charge in [0.05, 0.1) is 25.1 Å². The van der Waals surface area contributed by atoms with Gasteiger partial charge in [-0.25, -0.2) is 13.6 Å². The summed E-state index contributed by atoms with van der Waals surface area (Å²) in [5.74, 6) is -4.30. The molecule has 1 aliphatic rings. The van der Waals surface area contributed by atoms with Crippen molar-refractivity contribution in [3.8, 4) is 5.88 Å². The fraction of sp³-hybridized carbons (Fsp3) is 0.375. The molecule has 8 heteroatoms. The molecule has 0 saturated heterocycles. The first-order valence-corrected chi connectivity index (χ1v) is 7.48. The summed E-state index contributed by atoms with van der Waals surface area (Å²) in [6.07, 6.45) is 1.57. The van der Waals surface area contributed by atoms with E-state index in [9.17, 15) is 13.6 Å². The van der Waals surface area contributed by atoms with Gasteiger partial charge in [-0.2, -0.15) is 0 Å². The van der Waals surface area contributed by atoms with E-state index in [0.29, 0.717) is 11.3 Å². The predicted molar refractivity (Wildman–Crippen MR) is 84.4 cm³/mol. The van der Waals surface area contributed by atoms with Crippen LogP contribution in [0.4, 0.5) is 19.3 Å². The zero-order valence-electron chi connectivity index (χ0n) is 13.3. The summed E-state index contributed by atoms with van der Waals surface area (Å²) in [4.78, 5) is 11.9. The van der Waals surface area contributed by atoms with Gasteiger partial charge in [-0.3, -0.25) is 4.68 Å². The molecule has 2 aromatic rings. The number of methoxy groups -OCH3 is 1. The third-order valence-corrected chi connectivity index (χ3v) is 4.08. The number of hydrogen-bond acceptors (Lipinski definition) is 3. The first-order valence-electron chi connectivity index (χ1n) is 7.48. The van der Waals surface area contributed by atoms with E-state index in [1.165, 1.54) is 11.8 Å². The third kappa shape index (κ3) is 3.04. The van der Waals surface area contributed by atoms with E-state index in [2.05, 4.69) is 15.7 Å². The molecule has 1 saturated carbocycles. The molecule has 1 heterocycles. The fourth-order valence-electron chi connectivity index (χ4n) is 2.83. The number of nitrogens with one attached hydrogen (secondary N) is 2. The van der Waals surface area contributed by atoms with Crippen LogP contribution in [0, 0.1) is 5.92 Å². The smallest absolute Gasteiger partial charge is 0.319 e. The monoisotopic (exact) mass is 336 g/mol. The summed E-state index contributed by atoms with van der Waals surface area (Å²) in [5.41, 5.74) is 0.961. The number of aryl methyl sites for hydroxylation is 1. The van der Waals surface area contributed by atoms with Crippen LogP contribution < -0.4 is 15.4 Å². The number of halogens is 2. The van der Waals surface area contributed by atoms with Crippen LogP contribution in [0.15, 0.2) is 36.5 Å². The highest BCUT2D eigenvalue weighted by Crippen LogP contribution is 2.61. The van der Waals surface area contributed by atoms with Gasteiger partial charge in [0.25, 0.3) is 11.8 Å². The quantitative estimate of drug-likeness (QED) is 0.882. The van der Waals surface area contributed by atoms with Crippen molar-refractivity contribution >= 4 is 11.7 Å². The van der Waals surface area contributed by atoms with E-state index < -0.39 is 23.8 Å². The number of alkyl halides is 2. The molecular weight excluding hydrogens is 318 g/mol. The highest BCUT2D eigenvalue weighted by molar-refractivity contribution is 5.90. The van der Waals surface area contributed by atoms with Crippen molar-refractivity contribution < 1.29 is 18.3 Å². The minimum Gasteiger partial charge on any atom is -0.478 e. The summed E-state index contributed by atoms with van der Waals surface area (Å²) < 4.78 is 34.4. The van der Waals surface area contributed by atoms with Crippen LogP contribution in [0.1, 0.15) is 11.5 Å². The minimum atomic E-state index is -2.80. The van der Waals surface area contributed by atoms with Gasteiger partial charge < -0.3 is 15.4 Å². The maximum absolute atomic E-state index is 13.9. The second-order valence-corrected chi connectivity index (χ2v) is 5.73. The van der Waals surface area contributed by atoms with Crippen molar-refractivity contribution in [2.45, 2.75) is 11.8 Å². The Morgan fingerprint density at radius 1 is 1.38 bits per heavy atom. The minimum absolute atomic E-state index is 0.110. The molecule has 0 spiro atoms. The molecule has 0 unspecified atom stereocenters. The Kier molecular flexibility index (Phi) is 4.13. The van der Waals surface area contributed by atoms with Gasteiger partial charge >= 0.3 is 6.03 Å². The van der Waals surface area contributed by atoms with Crippen molar-refractivity contribution in [2.75, 3.05) is 19.0 Å². The number of benzene rings is 1. The summed E-state index contributed by atoms with van der Waals surface area (Å²) >= 11 is 0. The number of urea groups is 1. The molecule has 2 N–H and O–H groups in total.